The SMILES string of the molecule is CCCC(Nc1nc(NC(C)C)[nH]c(=O)n1)C(=O)O. The van der Waals surface area contributed by atoms with Crippen LogP contribution in [-0.2, 0) is 4.79 Å². The summed E-state index contributed by atoms with van der Waals surface area (Å²) in [7, 11) is 0. The molecule has 1 atom stereocenters. The lowest BCUT2D eigenvalue weighted by Crippen LogP contribution is -2.31. The number of carboxylic acids is 1. The number of carboxylic acid groups (broad SMARTS) is 1. The van der Waals surface area contributed by atoms with Crippen LogP contribution in [0, 0.1) is 0 Å². The van der Waals surface area contributed by atoms with E-state index in [1.54, 1.807) is 0 Å². The van der Waals surface area contributed by atoms with Crippen LogP contribution in [0.15, 0.2) is 4.79 Å². The highest BCUT2D eigenvalue weighted by atomic mass is 16.4. The van der Waals surface area contributed by atoms with Crippen molar-refractivity contribution in [2.45, 2.75) is 45.7 Å². The number of nitrogens with one attached hydrogen (secondary N) is 3. The molecular weight excluding hydrogens is 250 g/mol. The van der Waals surface area contributed by atoms with Crippen molar-refractivity contribution in [1.82, 2.24) is 15.0 Å². The Bertz CT molecular complexity index is 485. The van der Waals surface area contributed by atoms with Crippen LogP contribution in [0.1, 0.15) is 33.6 Å². The lowest BCUT2D eigenvalue weighted by Gasteiger charge is -2.14. The maximum Gasteiger partial charge on any atom is 0.350 e. The van der Waals surface area contributed by atoms with E-state index in [0.717, 1.165) is 0 Å². The third kappa shape index (κ3) is 4.94. The van der Waals surface area contributed by atoms with Crippen molar-refractivity contribution in [3.63, 3.8) is 0 Å². The molecule has 106 valence electrons. The topological polar surface area (TPSA) is 120 Å². The molecule has 8 nitrogen and oxygen atoms in total. The van der Waals surface area contributed by atoms with Crippen molar-refractivity contribution >= 4 is 17.9 Å². The van der Waals surface area contributed by atoms with E-state index >= 15 is 0 Å². The molecule has 0 aliphatic carbocycles. The van der Waals surface area contributed by atoms with Gasteiger partial charge in [-0.05, 0) is 20.3 Å². The molecule has 0 aromatic carbocycles. The number of aromatic amines is 1. The molecule has 1 rings (SSSR count). The molecule has 0 bridgehead atoms. The van der Waals surface area contributed by atoms with Gasteiger partial charge in [0.1, 0.15) is 6.04 Å². The van der Waals surface area contributed by atoms with Gasteiger partial charge >= 0.3 is 11.7 Å². The van der Waals surface area contributed by atoms with Gasteiger partial charge in [-0.25, -0.2) is 9.59 Å². The molecule has 0 aliphatic heterocycles. The summed E-state index contributed by atoms with van der Waals surface area (Å²) < 4.78 is 0. The van der Waals surface area contributed by atoms with E-state index in [4.69, 9.17) is 5.11 Å². The molecule has 0 saturated heterocycles. The maximum absolute atomic E-state index is 11.4. The Kier molecular flexibility index (Phi) is 5.28. The lowest BCUT2D eigenvalue weighted by atomic mass is 10.2. The van der Waals surface area contributed by atoms with E-state index in [1.807, 2.05) is 20.8 Å². The van der Waals surface area contributed by atoms with Crippen LogP contribution in [-0.4, -0.2) is 38.1 Å². The third-order valence-corrected chi connectivity index (χ3v) is 2.25. The Morgan fingerprint density at radius 1 is 1.37 bits per heavy atom. The minimum Gasteiger partial charge on any atom is -0.480 e. The van der Waals surface area contributed by atoms with Gasteiger partial charge in [0.15, 0.2) is 0 Å². The monoisotopic (exact) mass is 269 g/mol. The van der Waals surface area contributed by atoms with Crippen LogP contribution in [0.25, 0.3) is 0 Å². The fourth-order valence-electron chi connectivity index (χ4n) is 1.49. The van der Waals surface area contributed by atoms with E-state index in [1.165, 1.54) is 0 Å². The van der Waals surface area contributed by atoms with E-state index in [0.29, 0.717) is 12.8 Å². The first-order valence-corrected chi connectivity index (χ1v) is 6.16. The zero-order chi connectivity index (χ0) is 14.4. The first-order valence-electron chi connectivity index (χ1n) is 6.16. The minimum absolute atomic E-state index is 0.00718. The van der Waals surface area contributed by atoms with Crippen LogP contribution in [0.2, 0.25) is 0 Å². The number of H-pyrrole nitrogens is 1. The van der Waals surface area contributed by atoms with E-state index < -0.39 is 17.7 Å². The summed E-state index contributed by atoms with van der Waals surface area (Å²) >= 11 is 0. The predicted octanol–water partition coefficient (Wildman–Crippen LogP) is 0.650. The highest BCUT2D eigenvalue weighted by Crippen LogP contribution is 2.06. The fourth-order valence-corrected chi connectivity index (χ4v) is 1.49. The van der Waals surface area contributed by atoms with Gasteiger partial charge in [-0.2, -0.15) is 9.97 Å². The molecule has 8 heteroatoms. The smallest absolute Gasteiger partial charge is 0.350 e. The summed E-state index contributed by atoms with van der Waals surface area (Å²) in [5.41, 5.74) is -0.582. The zero-order valence-corrected chi connectivity index (χ0v) is 11.2. The average Bonchev–Trinajstić information content (AvgIpc) is 2.26. The Balaban J connectivity index is 2.90. The number of hydrogen-bond acceptors (Lipinski definition) is 6. The number of rotatable bonds is 7. The number of hydrogen-bond donors (Lipinski definition) is 4. The second-order valence-electron chi connectivity index (χ2n) is 4.45. The molecule has 1 unspecified atom stereocenters. The number of nitrogens with zero attached hydrogens (tertiary/aromatic N) is 2. The first kappa shape index (κ1) is 14.9. The molecule has 0 fully saturated rings. The summed E-state index contributed by atoms with van der Waals surface area (Å²) in [6.07, 6.45) is 1.13. The van der Waals surface area contributed by atoms with Crippen molar-refractivity contribution in [3.8, 4) is 0 Å². The molecule has 4 N–H and O–H groups in total. The van der Waals surface area contributed by atoms with Crippen LogP contribution in [0.3, 0.4) is 0 Å². The van der Waals surface area contributed by atoms with Gasteiger partial charge in [-0.1, -0.05) is 13.3 Å². The normalized spacial score (nSPS) is 12.2. The first-order chi connectivity index (χ1) is 8.92. The van der Waals surface area contributed by atoms with Crippen molar-refractivity contribution in [3.05, 3.63) is 10.5 Å². The fraction of sp³-hybridized carbons (Fsp3) is 0.636. The molecular formula is C11H19N5O3. The van der Waals surface area contributed by atoms with Crippen LogP contribution >= 0.6 is 0 Å². The lowest BCUT2D eigenvalue weighted by molar-refractivity contribution is -0.138. The summed E-state index contributed by atoms with van der Waals surface area (Å²) in [6, 6.07) is -0.719. The standard InChI is InChI=1S/C11H19N5O3/c1-4-5-7(8(17)18)13-10-14-9(12-6(2)3)15-11(19)16-10/h6-7H,4-5H2,1-3H3,(H,17,18)(H3,12,13,14,15,16,19). The van der Waals surface area contributed by atoms with E-state index in [-0.39, 0.29) is 17.9 Å². The quantitative estimate of drug-likeness (QED) is 0.573. The molecule has 1 heterocycles. The van der Waals surface area contributed by atoms with Crippen molar-refractivity contribution in [1.29, 1.82) is 0 Å². The molecule has 0 saturated carbocycles. The molecule has 1 aromatic rings. The summed E-state index contributed by atoms with van der Waals surface area (Å²) in [6.45, 7) is 5.66. The molecule has 0 amide bonds. The number of carbonyl (C=O) groups is 1. The van der Waals surface area contributed by atoms with Gasteiger partial charge in [0.05, 0.1) is 0 Å². The van der Waals surface area contributed by atoms with Crippen LogP contribution < -0.4 is 16.3 Å². The number of aromatic nitrogens is 3. The number of anilines is 2. The molecule has 19 heavy (non-hydrogen) atoms. The maximum atomic E-state index is 11.4. The summed E-state index contributed by atoms with van der Waals surface area (Å²) in [5, 5.41) is 14.6. The zero-order valence-electron chi connectivity index (χ0n) is 11.2. The van der Waals surface area contributed by atoms with Gasteiger partial charge in [0.2, 0.25) is 11.9 Å². The van der Waals surface area contributed by atoms with Gasteiger partial charge in [-0.3, -0.25) is 4.98 Å². The van der Waals surface area contributed by atoms with Gasteiger partial charge in [-0.15, -0.1) is 0 Å². The highest BCUT2D eigenvalue weighted by molar-refractivity contribution is 5.76. The molecule has 0 radical (unpaired) electrons. The third-order valence-electron chi connectivity index (χ3n) is 2.25. The Hall–Kier alpha value is -2.12. The predicted molar refractivity (Wildman–Crippen MR) is 71.4 cm³/mol. The minimum atomic E-state index is -0.996. The Morgan fingerprint density at radius 3 is 2.58 bits per heavy atom. The highest BCUT2D eigenvalue weighted by Gasteiger charge is 2.17. The second kappa shape index (κ2) is 6.72. The van der Waals surface area contributed by atoms with Gasteiger partial charge in [0, 0.05) is 6.04 Å². The van der Waals surface area contributed by atoms with Gasteiger partial charge < -0.3 is 15.7 Å². The second-order valence-corrected chi connectivity index (χ2v) is 4.45. The molecule has 0 aliphatic rings. The Labute approximate surface area is 110 Å². The number of aliphatic carboxylic acids is 1. The summed E-state index contributed by atoms with van der Waals surface area (Å²) in [5.74, 6) is -0.727. The van der Waals surface area contributed by atoms with Crippen molar-refractivity contribution < 1.29 is 9.90 Å². The molecule has 0 spiro atoms. The molecule has 1 aromatic heterocycles. The van der Waals surface area contributed by atoms with E-state index in [2.05, 4.69) is 25.6 Å². The average molecular weight is 269 g/mol. The van der Waals surface area contributed by atoms with E-state index in [9.17, 15) is 9.59 Å². The van der Waals surface area contributed by atoms with Crippen LogP contribution in [0.4, 0.5) is 11.9 Å². The van der Waals surface area contributed by atoms with Gasteiger partial charge in [0.25, 0.3) is 0 Å². The largest absolute Gasteiger partial charge is 0.480 e. The summed E-state index contributed by atoms with van der Waals surface area (Å²) in [4.78, 5) is 32.5. The Morgan fingerprint density at radius 2 is 2.05 bits per heavy atom. The van der Waals surface area contributed by atoms with Crippen molar-refractivity contribution in [2.24, 2.45) is 0 Å². The van der Waals surface area contributed by atoms with Crippen LogP contribution in [0.5, 0.6) is 0 Å². The van der Waals surface area contributed by atoms with Crippen molar-refractivity contribution in [2.75, 3.05) is 10.6 Å².